The molecule has 0 radical (unpaired) electrons. The van der Waals surface area contributed by atoms with Gasteiger partial charge in [-0.1, -0.05) is 42.2 Å². The number of hydrogen-bond acceptors (Lipinski definition) is 29. The fourth-order valence-electron chi connectivity index (χ4n) is 9.28. The molecule has 2 aromatic rings. The summed E-state index contributed by atoms with van der Waals surface area (Å²) in [5.74, 6) is 5.08. The molecule has 109 heavy (non-hydrogen) atoms. The molecule has 5 amide bonds. The Hall–Kier alpha value is -5.67. The van der Waals surface area contributed by atoms with Crippen LogP contribution in [0.25, 0.3) is 0 Å². The Morgan fingerprint density at radius 1 is 0.284 bits per heavy atom. The maximum Gasteiger partial charge on any atom is 0.253 e. The van der Waals surface area contributed by atoms with Crippen LogP contribution in [-0.4, -0.2) is 371 Å². The first-order valence-electron chi connectivity index (χ1n) is 37.8. The van der Waals surface area contributed by atoms with Gasteiger partial charge in [-0.05, 0) is 23.8 Å². The number of anilines is 1. The molecule has 2 heterocycles. The predicted molar refractivity (Wildman–Crippen MR) is 395 cm³/mol. The third-order valence-electron chi connectivity index (χ3n) is 14.9. The summed E-state index contributed by atoms with van der Waals surface area (Å²) in [6.45, 7) is 22.3. The Kier molecular flexibility index (Phi) is 63.7. The number of carbonyl (C=O) groups excluding carboxylic acids is 5. The zero-order chi connectivity index (χ0) is 77.1. The van der Waals surface area contributed by atoms with Crippen LogP contribution in [0.1, 0.15) is 36.0 Å². The summed E-state index contributed by atoms with van der Waals surface area (Å²) in [5, 5.41) is 5.51. The lowest BCUT2D eigenvalue weighted by Crippen LogP contribution is -2.35. The molecule has 0 bridgehead atoms. The summed E-state index contributed by atoms with van der Waals surface area (Å²) in [7, 11) is 0. The molecule has 2 aromatic carbocycles. The van der Waals surface area contributed by atoms with Gasteiger partial charge in [-0.3, -0.25) is 28.9 Å². The molecule has 0 spiro atoms. The predicted octanol–water partition coefficient (Wildman–Crippen LogP) is 1.66. The first-order valence-corrected chi connectivity index (χ1v) is 37.8. The Balaban J connectivity index is 0.698. The van der Waals surface area contributed by atoms with Crippen molar-refractivity contribution in [1.29, 1.82) is 0 Å². The normalized spacial score (nSPS) is 12.6. The lowest BCUT2D eigenvalue weighted by molar-refractivity contribution is -0.137. The van der Waals surface area contributed by atoms with E-state index in [-0.39, 0.29) is 56.7 Å². The second kappa shape index (κ2) is 72.6. The molecule has 2 N–H and O–H groups in total. The minimum Gasteiger partial charge on any atom is -0.379 e. The lowest BCUT2D eigenvalue weighted by atomic mass is 10.0. The Morgan fingerprint density at radius 2 is 0.532 bits per heavy atom. The van der Waals surface area contributed by atoms with Gasteiger partial charge in [0, 0.05) is 62.2 Å². The van der Waals surface area contributed by atoms with Crippen LogP contribution in [0.15, 0.2) is 60.7 Å². The number of benzene rings is 2. The van der Waals surface area contributed by atoms with E-state index < -0.39 is 11.8 Å². The number of nitrogens with zero attached hydrogens (tertiary/aromatic N) is 2. The van der Waals surface area contributed by atoms with Crippen LogP contribution in [0.3, 0.4) is 0 Å². The molecular formula is C76H122N4O29. The molecule has 620 valence electrons. The Morgan fingerprint density at radius 3 is 0.853 bits per heavy atom. The fraction of sp³-hybridized carbons (Fsp3) is 0.724. The van der Waals surface area contributed by atoms with Gasteiger partial charge in [-0.25, -0.2) is 0 Å². The van der Waals surface area contributed by atoms with E-state index in [9.17, 15) is 24.0 Å². The number of carbonyl (C=O) groups is 5. The summed E-state index contributed by atoms with van der Waals surface area (Å²) >= 11 is 0. The van der Waals surface area contributed by atoms with E-state index in [0.29, 0.717) is 324 Å². The SMILES string of the molecule is O=C(CCOCCOCCOCCOCCOCCOCCOCCOCCOCCOCCOCCOCCOCCOCCOCCOCCOCCOCCOCCOCCOCCOCCOCCOCCNC(=O)CCN1C(=O)C=CC1=O)NCCC(=O)N1Cc2ccccc2C#Cc2ccccc21. The van der Waals surface area contributed by atoms with Crippen LogP contribution in [0.5, 0.6) is 0 Å². The first-order chi connectivity index (χ1) is 53.9. The maximum atomic E-state index is 13.3. The molecule has 0 aromatic heterocycles. The standard InChI is InChI=1S/C76H122N4O29/c81-72(14-18-79-74(83)11-12-75(79)84)78-17-20-87-22-24-89-26-28-91-30-32-93-34-36-95-38-40-97-42-44-99-46-48-101-50-52-103-54-56-105-58-60-107-62-64-109-66-65-108-63-61-106-59-57-104-55-53-102-51-49-100-47-45-98-43-41-96-39-37-94-35-33-92-31-29-90-27-25-88-23-21-86-19-15-73(82)77-16-13-76(85)80-67-70-7-2-1-5-68(70)9-10-69-6-3-4-8-71(69)80/h1-8,11-12H,13-67H2,(H,77,82)(H,78,81). The highest BCUT2D eigenvalue weighted by atomic mass is 16.6. The van der Waals surface area contributed by atoms with Gasteiger partial charge >= 0.3 is 0 Å². The van der Waals surface area contributed by atoms with Crippen LogP contribution >= 0.6 is 0 Å². The highest BCUT2D eigenvalue weighted by molar-refractivity contribution is 6.13. The van der Waals surface area contributed by atoms with Gasteiger partial charge in [0.2, 0.25) is 17.7 Å². The van der Waals surface area contributed by atoms with Crippen molar-refractivity contribution in [2.24, 2.45) is 0 Å². The van der Waals surface area contributed by atoms with Crippen molar-refractivity contribution in [3.63, 3.8) is 0 Å². The van der Waals surface area contributed by atoms with Crippen molar-refractivity contribution in [3.05, 3.63) is 77.4 Å². The maximum absolute atomic E-state index is 13.3. The monoisotopic (exact) mass is 1550 g/mol. The molecule has 0 fully saturated rings. The minimum absolute atomic E-state index is 0.0423. The van der Waals surface area contributed by atoms with Gasteiger partial charge in [0.05, 0.1) is 329 Å². The molecular weight excluding hydrogens is 1430 g/mol. The minimum atomic E-state index is -0.404. The van der Waals surface area contributed by atoms with Crippen LogP contribution in [0.2, 0.25) is 0 Å². The Labute approximate surface area is 642 Å². The number of rotatable bonds is 81. The Bertz CT molecular complexity index is 2620. The molecule has 0 saturated heterocycles. The molecule has 0 unspecified atom stereocenters. The number of fused-ring (bicyclic) bond motifs is 2. The van der Waals surface area contributed by atoms with Crippen molar-refractivity contribution in [3.8, 4) is 11.8 Å². The molecule has 0 aliphatic carbocycles. The van der Waals surface area contributed by atoms with Crippen molar-refractivity contribution in [2.75, 3.05) is 342 Å². The smallest absolute Gasteiger partial charge is 0.253 e. The number of imide groups is 1. The van der Waals surface area contributed by atoms with Gasteiger partial charge < -0.3 is 129 Å². The van der Waals surface area contributed by atoms with Gasteiger partial charge in [-0.15, -0.1) is 0 Å². The summed E-state index contributed by atoms with van der Waals surface area (Å²) in [6.07, 6.45) is 2.77. The van der Waals surface area contributed by atoms with Gasteiger partial charge in [0.1, 0.15) is 0 Å². The van der Waals surface area contributed by atoms with E-state index in [2.05, 4.69) is 22.5 Å². The topological polar surface area (TPSA) is 337 Å². The highest BCUT2D eigenvalue weighted by Gasteiger charge is 2.24. The van der Waals surface area contributed by atoms with E-state index in [1.807, 2.05) is 48.5 Å². The number of ether oxygens (including phenoxy) is 24. The van der Waals surface area contributed by atoms with Gasteiger partial charge in [0.25, 0.3) is 11.8 Å². The second-order valence-corrected chi connectivity index (χ2v) is 23.2. The van der Waals surface area contributed by atoms with E-state index >= 15 is 0 Å². The molecule has 2 aliphatic heterocycles. The van der Waals surface area contributed by atoms with Crippen molar-refractivity contribution in [1.82, 2.24) is 15.5 Å². The van der Waals surface area contributed by atoms with E-state index in [1.54, 1.807) is 4.90 Å². The number of hydrogen-bond donors (Lipinski definition) is 2. The quantitative estimate of drug-likeness (QED) is 0.0540. The largest absolute Gasteiger partial charge is 0.379 e. The first kappa shape index (κ1) is 95.7. The number of amides is 5. The van der Waals surface area contributed by atoms with E-state index in [4.69, 9.17) is 114 Å². The summed E-state index contributed by atoms with van der Waals surface area (Å²) in [5.41, 5.74) is 3.43. The zero-order valence-electron chi connectivity index (χ0n) is 63.9. The van der Waals surface area contributed by atoms with Crippen LogP contribution in [0.4, 0.5) is 5.69 Å². The summed E-state index contributed by atoms with van der Waals surface area (Å²) < 4.78 is 133. The number of para-hydroxylation sites is 1. The average molecular weight is 1560 g/mol. The summed E-state index contributed by atoms with van der Waals surface area (Å²) in [6, 6.07) is 15.4. The molecule has 0 atom stereocenters. The molecule has 2 aliphatic rings. The van der Waals surface area contributed by atoms with Crippen LogP contribution in [0, 0.1) is 11.8 Å². The van der Waals surface area contributed by atoms with E-state index in [0.717, 1.165) is 27.3 Å². The lowest BCUT2D eigenvalue weighted by Gasteiger charge is -2.26. The van der Waals surface area contributed by atoms with Gasteiger partial charge in [0.15, 0.2) is 0 Å². The van der Waals surface area contributed by atoms with Crippen molar-refractivity contribution < 1.29 is 138 Å². The molecule has 33 nitrogen and oxygen atoms in total. The van der Waals surface area contributed by atoms with Crippen LogP contribution < -0.4 is 15.5 Å². The number of nitrogens with one attached hydrogen (secondary N) is 2. The van der Waals surface area contributed by atoms with Crippen molar-refractivity contribution >= 4 is 35.2 Å². The van der Waals surface area contributed by atoms with Gasteiger partial charge in [-0.2, -0.15) is 0 Å². The molecule has 0 saturated carbocycles. The van der Waals surface area contributed by atoms with Crippen LogP contribution in [-0.2, 0) is 144 Å². The second-order valence-electron chi connectivity index (χ2n) is 23.2. The summed E-state index contributed by atoms with van der Waals surface area (Å²) in [4.78, 5) is 63.4. The van der Waals surface area contributed by atoms with Crippen molar-refractivity contribution in [2.45, 2.75) is 25.8 Å². The average Bonchev–Trinajstić information content (AvgIpc) is 1.44. The fourth-order valence-corrected chi connectivity index (χ4v) is 9.28. The molecule has 4 rings (SSSR count). The highest BCUT2D eigenvalue weighted by Crippen LogP contribution is 2.26. The zero-order valence-corrected chi connectivity index (χ0v) is 63.9. The third-order valence-corrected chi connectivity index (χ3v) is 14.9. The van der Waals surface area contributed by atoms with E-state index in [1.165, 1.54) is 12.2 Å². The molecule has 33 heteroatoms. The third kappa shape index (κ3) is 56.2.